The second kappa shape index (κ2) is 4.83. The van der Waals surface area contributed by atoms with Crippen LogP contribution >= 0.6 is 0 Å². The molecule has 6 rings (SSSR count). The molecule has 0 atom stereocenters. The molecule has 4 bridgehead atoms. The Morgan fingerprint density at radius 1 is 1.00 bits per heavy atom. The van der Waals surface area contributed by atoms with Crippen LogP contribution in [-0.4, -0.2) is 34.7 Å². The van der Waals surface area contributed by atoms with Gasteiger partial charge in [0.15, 0.2) is 5.78 Å². The third-order valence-corrected chi connectivity index (χ3v) is 7.63. The molecule has 24 heavy (non-hydrogen) atoms. The quantitative estimate of drug-likeness (QED) is 0.809. The van der Waals surface area contributed by atoms with Crippen molar-refractivity contribution in [2.75, 3.05) is 6.54 Å². The smallest absolute Gasteiger partial charge is 0.323 e. The van der Waals surface area contributed by atoms with Gasteiger partial charge in [-0.3, -0.25) is 14.5 Å². The largest absolute Gasteiger partial charge is 0.325 e. The van der Waals surface area contributed by atoms with Gasteiger partial charge in [-0.2, -0.15) is 0 Å². The van der Waals surface area contributed by atoms with Gasteiger partial charge in [-0.15, -0.1) is 0 Å². The molecule has 1 saturated heterocycles. The Kier molecular flexibility index (Phi) is 3.00. The summed E-state index contributed by atoms with van der Waals surface area (Å²) in [5, 5.41) is 2.89. The fraction of sp³-hybridized carbons (Fsp3) is 0.842. The van der Waals surface area contributed by atoms with Crippen molar-refractivity contribution in [2.45, 2.75) is 69.7 Å². The van der Waals surface area contributed by atoms with Crippen molar-refractivity contribution in [2.24, 2.45) is 23.2 Å². The number of urea groups is 1. The molecule has 130 valence electrons. The molecule has 1 N–H and O–H groups in total. The highest BCUT2D eigenvalue weighted by Gasteiger charge is 2.57. The number of carbonyl (C=O) groups excluding carboxylic acids is 3. The fourth-order valence-corrected chi connectivity index (χ4v) is 6.90. The highest BCUT2D eigenvalue weighted by atomic mass is 16.2. The number of hydrogen-bond donors (Lipinski definition) is 1. The Balaban J connectivity index is 1.35. The highest BCUT2D eigenvalue weighted by molar-refractivity contribution is 6.09. The van der Waals surface area contributed by atoms with Gasteiger partial charge in [0.05, 0.1) is 6.54 Å². The third-order valence-electron chi connectivity index (χ3n) is 7.63. The molecule has 0 radical (unpaired) electrons. The zero-order chi connectivity index (χ0) is 16.5. The van der Waals surface area contributed by atoms with E-state index in [2.05, 4.69) is 5.32 Å². The van der Waals surface area contributed by atoms with E-state index in [1.165, 1.54) is 24.2 Å². The molecule has 0 aromatic carbocycles. The molecular weight excluding hydrogens is 304 g/mol. The summed E-state index contributed by atoms with van der Waals surface area (Å²) in [7, 11) is 0. The summed E-state index contributed by atoms with van der Waals surface area (Å²) in [4.78, 5) is 39.5. The Morgan fingerprint density at radius 3 is 2.08 bits per heavy atom. The molecule has 5 heteroatoms. The van der Waals surface area contributed by atoms with Crippen molar-refractivity contribution in [3.05, 3.63) is 0 Å². The molecule has 6 aliphatic rings. The number of hydrogen-bond acceptors (Lipinski definition) is 3. The Labute approximate surface area is 142 Å². The van der Waals surface area contributed by atoms with Crippen LogP contribution in [0, 0.1) is 23.2 Å². The minimum atomic E-state index is -0.696. The molecule has 5 nitrogen and oxygen atoms in total. The van der Waals surface area contributed by atoms with Gasteiger partial charge in [0.1, 0.15) is 5.54 Å². The number of amides is 3. The van der Waals surface area contributed by atoms with Crippen LogP contribution in [0.5, 0.6) is 0 Å². The lowest BCUT2D eigenvalue weighted by Crippen LogP contribution is -2.53. The van der Waals surface area contributed by atoms with Crippen molar-refractivity contribution < 1.29 is 14.4 Å². The first kappa shape index (κ1) is 14.9. The van der Waals surface area contributed by atoms with Crippen LogP contribution in [0.15, 0.2) is 0 Å². The summed E-state index contributed by atoms with van der Waals surface area (Å²) in [6.07, 6.45) is 10.2. The van der Waals surface area contributed by atoms with E-state index < -0.39 is 5.54 Å². The van der Waals surface area contributed by atoms with Gasteiger partial charge in [-0.05, 0) is 69.1 Å². The van der Waals surface area contributed by atoms with Gasteiger partial charge < -0.3 is 5.32 Å². The molecule has 1 aliphatic heterocycles. The van der Waals surface area contributed by atoms with Crippen molar-refractivity contribution >= 4 is 17.7 Å². The van der Waals surface area contributed by atoms with Gasteiger partial charge >= 0.3 is 6.03 Å². The van der Waals surface area contributed by atoms with Crippen molar-refractivity contribution in [1.82, 2.24) is 10.2 Å². The first-order chi connectivity index (χ1) is 11.5. The summed E-state index contributed by atoms with van der Waals surface area (Å²) in [6, 6.07) is -0.347. The molecule has 0 unspecified atom stereocenters. The maximum Gasteiger partial charge on any atom is 0.325 e. The number of ketones is 1. The molecule has 5 aliphatic carbocycles. The average molecular weight is 330 g/mol. The van der Waals surface area contributed by atoms with E-state index in [1.807, 2.05) is 0 Å². The minimum absolute atomic E-state index is 0.00141. The second-order valence-electron chi connectivity index (χ2n) is 9.23. The summed E-state index contributed by atoms with van der Waals surface area (Å²) in [6.45, 7) is -0.00141. The van der Waals surface area contributed by atoms with Crippen LogP contribution < -0.4 is 5.32 Å². The number of carbonyl (C=O) groups is 3. The van der Waals surface area contributed by atoms with E-state index in [1.54, 1.807) is 0 Å². The number of Topliss-reactive ketones (excluding diaryl/α,β-unsaturated/α-hetero) is 1. The van der Waals surface area contributed by atoms with E-state index in [0.717, 1.165) is 44.9 Å². The first-order valence-corrected chi connectivity index (χ1v) is 9.67. The molecule has 5 saturated carbocycles. The van der Waals surface area contributed by atoms with E-state index in [9.17, 15) is 14.4 Å². The fourth-order valence-electron chi connectivity index (χ4n) is 6.90. The van der Waals surface area contributed by atoms with Crippen molar-refractivity contribution in [3.8, 4) is 0 Å². The van der Waals surface area contributed by atoms with Crippen molar-refractivity contribution in [1.29, 1.82) is 0 Å². The van der Waals surface area contributed by atoms with Crippen LogP contribution in [-0.2, 0) is 9.59 Å². The van der Waals surface area contributed by atoms with Gasteiger partial charge in [0.25, 0.3) is 5.91 Å². The SMILES string of the molecule is O=C1NC2(CCCC2)C(=O)N1CC(=O)C12CC3CC(CC(C3)C1)C2. The molecule has 6 fully saturated rings. The third kappa shape index (κ3) is 1.96. The van der Waals surface area contributed by atoms with E-state index in [-0.39, 0.29) is 29.7 Å². The van der Waals surface area contributed by atoms with Gasteiger partial charge in [-0.25, -0.2) is 4.79 Å². The topological polar surface area (TPSA) is 66.5 Å². The summed E-state index contributed by atoms with van der Waals surface area (Å²) >= 11 is 0. The van der Waals surface area contributed by atoms with Crippen molar-refractivity contribution in [3.63, 3.8) is 0 Å². The van der Waals surface area contributed by atoms with Crippen LogP contribution in [0.3, 0.4) is 0 Å². The Hall–Kier alpha value is -1.39. The molecule has 1 heterocycles. The zero-order valence-electron chi connectivity index (χ0n) is 14.2. The maximum atomic E-state index is 13.2. The first-order valence-electron chi connectivity index (χ1n) is 9.67. The summed E-state index contributed by atoms with van der Waals surface area (Å²) in [5.41, 5.74) is -0.931. The summed E-state index contributed by atoms with van der Waals surface area (Å²) < 4.78 is 0. The number of imide groups is 1. The number of nitrogens with zero attached hydrogens (tertiary/aromatic N) is 1. The van der Waals surface area contributed by atoms with Crippen LogP contribution in [0.2, 0.25) is 0 Å². The lowest BCUT2D eigenvalue weighted by Gasteiger charge is -2.56. The lowest BCUT2D eigenvalue weighted by molar-refractivity contribution is -0.147. The number of nitrogens with one attached hydrogen (secondary N) is 1. The average Bonchev–Trinajstić information content (AvgIpc) is 3.07. The van der Waals surface area contributed by atoms with E-state index in [0.29, 0.717) is 17.8 Å². The Bertz CT molecular complexity index is 585. The monoisotopic (exact) mass is 330 g/mol. The van der Waals surface area contributed by atoms with E-state index in [4.69, 9.17) is 0 Å². The molecule has 1 spiro atoms. The standard InChI is InChI=1S/C19H26N2O3/c22-15(18-8-12-5-13(9-18)7-14(6-12)10-18)11-21-16(23)19(20-17(21)24)3-1-2-4-19/h12-14H,1-11H2,(H,20,24). The van der Waals surface area contributed by atoms with Gasteiger partial charge in [0, 0.05) is 5.41 Å². The normalized spacial score (nSPS) is 42.2. The van der Waals surface area contributed by atoms with Crippen LogP contribution in [0.4, 0.5) is 4.79 Å². The molecule has 0 aromatic rings. The lowest BCUT2D eigenvalue weighted by atomic mass is 9.48. The predicted molar refractivity (Wildman–Crippen MR) is 87.1 cm³/mol. The maximum absolute atomic E-state index is 13.2. The molecular formula is C19H26N2O3. The molecule has 3 amide bonds. The van der Waals surface area contributed by atoms with Gasteiger partial charge in [0.2, 0.25) is 0 Å². The highest BCUT2D eigenvalue weighted by Crippen LogP contribution is 2.60. The van der Waals surface area contributed by atoms with E-state index >= 15 is 0 Å². The summed E-state index contributed by atoms with van der Waals surface area (Å²) in [5.74, 6) is 2.10. The van der Waals surface area contributed by atoms with Gasteiger partial charge in [-0.1, -0.05) is 12.8 Å². The molecule has 0 aromatic heterocycles. The van der Waals surface area contributed by atoms with Crippen LogP contribution in [0.25, 0.3) is 0 Å². The minimum Gasteiger partial charge on any atom is -0.323 e. The zero-order valence-corrected chi connectivity index (χ0v) is 14.2. The predicted octanol–water partition coefficient (Wildman–Crippen LogP) is 2.64. The second-order valence-corrected chi connectivity index (χ2v) is 9.23. The van der Waals surface area contributed by atoms with Crippen LogP contribution in [0.1, 0.15) is 64.2 Å². The Morgan fingerprint density at radius 2 is 1.54 bits per heavy atom. The number of rotatable bonds is 3.